The number of nitrogens with one attached hydrogen (secondary N) is 1. The van der Waals surface area contributed by atoms with Crippen molar-refractivity contribution in [3.05, 3.63) is 23.2 Å². The maximum Gasteiger partial charge on any atom is 0.264 e. The lowest BCUT2D eigenvalue weighted by molar-refractivity contribution is 0.0825. The number of carbonyl (C=O) groups excluding carboxylic acids is 1. The third-order valence-electron chi connectivity index (χ3n) is 4.08. The molecular weight excluding hydrogens is 258 g/mol. The SMILES string of the molecule is CCC1(NC(=O)c2sc3ncccc3c2N)CCC1. The van der Waals surface area contributed by atoms with E-state index in [9.17, 15) is 4.79 Å². The number of thiophene rings is 1. The highest BCUT2D eigenvalue weighted by molar-refractivity contribution is 7.21. The van der Waals surface area contributed by atoms with Gasteiger partial charge >= 0.3 is 0 Å². The molecule has 2 heterocycles. The van der Waals surface area contributed by atoms with Crippen molar-refractivity contribution < 1.29 is 4.79 Å². The Morgan fingerprint density at radius 2 is 2.37 bits per heavy atom. The van der Waals surface area contributed by atoms with Gasteiger partial charge in [0, 0.05) is 17.1 Å². The van der Waals surface area contributed by atoms with Crippen molar-refractivity contribution in [2.45, 2.75) is 38.1 Å². The molecule has 0 aliphatic heterocycles. The van der Waals surface area contributed by atoms with Gasteiger partial charge in [0.25, 0.3) is 5.91 Å². The zero-order valence-corrected chi connectivity index (χ0v) is 11.7. The minimum atomic E-state index is -0.0537. The van der Waals surface area contributed by atoms with Gasteiger partial charge < -0.3 is 11.1 Å². The molecule has 0 saturated heterocycles. The minimum absolute atomic E-state index is 0.00682. The number of carbonyl (C=O) groups is 1. The number of fused-ring (bicyclic) bond motifs is 1. The average molecular weight is 275 g/mol. The summed E-state index contributed by atoms with van der Waals surface area (Å²) in [6.45, 7) is 2.12. The first-order valence-corrected chi connectivity index (χ1v) is 7.42. The van der Waals surface area contributed by atoms with Crippen LogP contribution in [0.5, 0.6) is 0 Å². The van der Waals surface area contributed by atoms with Crippen LogP contribution >= 0.6 is 11.3 Å². The molecule has 1 aliphatic carbocycles. The predicted molar refractivity (Wildman–Crippen MR) is 78.4 cm³/mol. The number of rotatable bonds is 3. The zero-order chi connectivity index (χ0) is 13.5. The Labute approximate surface area is 116 Å². The molecule has 3 rings (SSSR count). The molecule has 0 radical (unpaired) electrons. The smallest absolute Gasteiger partial charge is 0.264 e. The summed E-state index contributed by atoms with van der Waals surface area (Å²) in [5, 5.41) is 4.03. The van der Waals surface area contributed by atoms with Crippen LogP contribution in [-0.4, -0.2) is 16.4 Å². The van der Waals surface area contributed by atoms with Gasteiger partial charge in [-0.25, -0.2) is 4.98 Å². The highest BCUT2D eigenvalue weighted by atomic mass is 32.1. The monoisotopic (exact) mass is 275 g/mol. The molecule has 2 aromatic rings. The summed E-state index contributed by atoms with van der Waals surface area (Å²) in [5.41, 5.74) is 6.61. The van der Waals surface area contributed by atoms with Crippen molar-refractivity contribution in [2.75, 3.05) is 5.73 Å². The Balaban J connectivity index is 1.91. The van der Waals surface area contributed by atoms with Crippen LogP contribution in [0.25, 0.3) is 10.2 Å². The van der Waals surface area contributed by atoms with E-state index in [4.69, 9.17) is 5.73 Å². The molecule has 19 heavy (non-hydrogen) atoms. The van der Waals surface area contributed by atoms with Gasteiger partial charge in [-0.15, -0.1) is 11.3 Å². The van der Waals surface area contributed by atoms with Gasteiger partial charge in [0.1, 0.15) is 9.71 Å². The molecule has 1 aliphatic rings. The molecule has 0 spiro atoms. The number of nitrogen functional groups attached to an aromatic ring is 1. The van der Waals surface area contributed by atoms with Crippen LogP contribution in [0.3, 0.4) is 0 Å². The molecule has 1 amide bonds. The maximum atomic E-state index is 12.4. The first-order chi connectivity index (χ1) is 9.15. The van der Waals surface area contributed by atoms with Crippen LogP contribution in [0.1, 0.15) is 42.3 Å². The topological polar surface area (TPSA) is 68.0 Å². The number of pyridine rings is 1. The van der Waals surface area contributed by atoms with E-state index in [0.29, 0.717) is 10.6 Å². The summed E-state index contributed by atoms with van der Waals surface area (Å²) in [6.07, 6.45) is 6.02. The lowest BCUT2D eigenvalue weighted by Crippen LogP contribution is -2.52. The second kappa shape index (κ2) is 4.49. The van der Waals surface area contributed by atoms with Crippen LogP contribution in [-0.2, 0) is 0 Å². The summed E-state index contributed by atoms with van der Waals surface area (Å²) in [6, 6.07) is 3.75. The molecule has 100 valence electrons. The molecule has 2 aromatic heterocycles. The summed E-state index contributed by atoms with van der Waals surface area (Å²) < 4.78 is 0. The molecule has 5 heteroatoms. The quantitative estimate of drug-likeness (QED) is 0.905. The van der Waals surface area contributed by atoms with Gasteiger partial charge in [0.2, 0.25) is 0 Å². The van der Waals surface area contributed by atoms with Crippen molar-refractivity contribution in [2.24, 2.45) is 0 Å². The normalized spacial score (nSPS) is 17.1. The molecule has 0 bridgehead atoms. The first kappa shape index (κ1) is 12.4. The van der Waals surface area contributed by atoms with Crippen LogP contribution in [0, 0.1) is 0 Å². The summed E-state index contributed by atoms with van der Waals surface area (Å²) in [5.74, 6) is -0.0537. The lowest BCUT2D eigenvalue weighted by atomic mass is 9.75. The molecule has 0 atom stereocenters. The average Bonchev–Trinajstić information content (AvgIpc) is 2.72. The molecule has 0 unspecified atom stereocenters. The highest BCUT2D eigenvalue weighted by Gasteiger charge is 2.37. The van der Waals surface area contributed by atoms with Crippen LogP contribution in [0.15, 0.2) is 18.3 Å². The summed E-state index contributed by atoms with van der Waals surface area (Å²) >= 11 is 1.37. The Hall–Kier alpha value is -1.62. The molecule has 1 saturated carbocycles. The van der Waals surface area contributed by atoms with E-state index in [-0.39, 0.29) is 11.4 Å². The summed E-state index contributed by atoms with van der Waals surface area (Å²) in [4.78, 5) is 18.1. The van der Waals surface area contributed by atoms with Gasteiger partial charge in [-0.05, 0) is 37.8 Å². The Bertz CT molecular complexity index is 625. The van der Waals surface area contributed by atoms with E-state index in [1.807, 2.05) is 12.1 Å². The van der Waals surface area contributed by atoms with Gasteiger partial charge in [0.05, 0.1) is 5.69 Å². The predicted octanol–water partition coefficient (Wildman–Crippen LogP) is 2.94. The van der Waals surface area contributed by atoms with Crippen LogP contribution < -0.4 is 11.1 Å². The molecule has 4 nitrogen and oxygen atoms in total. The largest absolute Gasteiger partial charge is 0.397 e. The van der Waals surface area contributed by atoms with E-state index >= 15 is 0 Å². The van der Waals surface area contributed by atoms with Crippen molar-refractivity contribution in [1.29, 1.82) is 0 Å². The number of hydrogen-bond acceptors (Lipinski definition) is 4. The fourth-order valence-corrected chi connectivity index (χ4v) is 3.55. The number of anilines is 1. The van der Waals surface area contributed by atoms with Gasteiger partial charge in [-0.3, -0.25) is 4.79 Å². The number of hydrogen-bond donors (Lipinski definition) is 2. The second-order valence-electron chi connectivity index (χ2n) is 5.14. The van der Waals surface area contributed by atoms with Crippen molar-refractivity contribution in [1.82, 2.24) is 10.3 Å². The van der Waals surface area contributed by atoms with Crippen molar-refractivity contribution >= 4 is 33.1 Å². The molecule has 1 fully saturated rings. The lowest BCUT2D eigenvalue weighted by Gasteiger charge is -2.41. The number of nitrogens with zero attached hydrogens (tertiary/aromatic N) is 1. The van der Waals surface area contributed by atoms with Gasteiger partial charge in [-0.1, -0.05) is 6.92 Å². The Morgan fingerprint density at radius 1 is 1.58 bits per heavy atom. The van der Waals surface area contributed by atoms with Crippen LogP contribution in [0.2, 0.25) is 0 Å². The van der Waals surface area contributed by atoms with Gasteiger partial charge in [-0.2, -0.15) is 0 Å². The fraction of sp³-hybridized carbons (Fsp3) is 0.429. The van der Waals surface area contributed by atoms with E-state index in [1.165, 1.54) is 17.8 Å². The van der Waals surface area contributed by atoms with Gasteiger partial charge in [0.15, 0.2) is 0 Å². The standard InChI is InChI=1S/C14H17N3OS/c1-2-14(6-4-7-14)17-12(18)11-10(15)9-5-3-8-16-13(9)19-11/h3,5,8H,2,4,6-7,15H2,1H3,(H,17,18). The fourth-order valence-electron chi connectivity index (χ4n) is 2.59. The number of aromatic nitrogens is 1. The van der Waals surface area contributed by atoms with E-state index < -0.39 is 0 Å². The first-order valence-electron chi connectivity index (χ1n) is 6.61. The number of amides is 1. The second-order valence-corrected chi connectivity index (χ2v) is 6.14. The van der Waals surface area contributed by atoms with Crippen molar-refractivity contribution in [3.8, 4) is 0 Å². The van der Waals surface area contributed by atoms with E-state index in [2.05, 4.69) is 17.2 Å². The molecule has 3 N–H and O–H groups in total. The minimum Gasteiger partial charge on any atom is -0.397 e. The number of nitrogens with two attached hydrogens (primary N) is 1. The van der Waals surface area contributed by atoms with E-state index in [0.717, 1.165) is 29.5 Å². The molecule has 0 aromatic carbocycles. The maximum absolute atomic E-state index is 12.4. The summed E-state index contributed by atoms with van der Waals surface area (Å²) in [7, 11) is 0. The third kappa shape index (κ3) is 1.98. The molecular formula is C14H17N3OS. The van der Waals surface area contributed by atoms with E-state index in [1.54, 1.807) is 6.20 Å². The van der Waals surface area contributed by atoms with Crippen molar-refractivity contribution in [3.63, 3.8) is 0 Å². The van der Waals surface area contributed by atoms with Crippen LogP contribution in [0.4, 0.5) is 5.69 Å². The third-order valence-corrected chi connectivity index (χ3v) is 5.21. The zero-order valence-electron chi connectivity index (χ0n) is 10.9. The Morgan fingerprint density at radius 3 is 2.95 bits per heavy atom. The highest BCUT2D eigenvalue weighted by Crippen LogP contribution is 2.37. The Kier molecular flexibility index (Phi) is 2.93.